The fraction of sp³-hybridized carbons (Fsp3) is 0.333. The van der Waals surface area contributed by atoms with Crippen LogP contribution in [0.3, 0.4) is 0 Å². The van der Waals surface area contributed by atoms with E-state index in [1.807, 2.05) is 0 Å². The summed E-state index contributed by atoms with van der Waals surface area (Å²) < 4.78 is 53.9. The number of nitrogens with zero attached hydrogens (tertiary/aromatic N) is 2. The van der Waals surface area contributed by atoms with Crippen molar-refractivity contribution in [2.75, 3.05) is 13.2 Å². The minimum Gasteiger partial charge on any atom is -0.312 e. The highest BCUT2D eigenvalue weighted by atomic mass is 32.5. The average molecular weight is 303 g/mol. The van der Waals surface area contributed by atoms with Gasteiger partial charge in [-0.15, -0.1) is 0 Å². The predicted octanol–water partition coefficient (Wildman–Crippen LogP) is 3.23. The molecule has 0 spiro atoms. The van der Waals surface area contributed by atoms with Gasteiger partial charge in [0.15, 0.2) is 5.71 Å². The molecule has 0 fully saturated rings. The molecule has 19 heavy (non-hydrogen) atoms. The first-order valence-electron chi connectivity index (χ1n) is 7.85. The maximum atomic E-state index is 9.24. The Morgan fingerprint density at radius 3 is 2.42 bits per heavy atom. The molecule has 5 nitrogen and oxygen atoms in total. The molecule has 0 aliphatic carbocycles. The maximum absolute atomic E-state index is 9.24. The Kier molecular flexibility index (Phi) is 4.07. The number of oxime groups is 1. The zero-order valence-corrected chi connectivity index (χ0v) is 12.1. The van der Waals surface area contributed by atoms with Crippen molar-refractivity contribution in [2.24, 2.45) is 5.16 Å². The van der Waals surface area contributed by atoms with Crippen molar-refractivity contribution in [3.63, 3.8) is 0 Å². The highest BCUT2D eigenvalue weighted by Gasteiger charge is 2.21. The molecule has 1 aromatic carbocycles. The lowest BCUT2D eigenvalue weighted by Gasteiger charge is -2.17. The van der Waals surface area contributed by atoms with Crippen LogP contribution in [-0.4, -0.2) is 18.9 Å². The number of rotatable bonds is 7. The monoisotopic (exact) mass is 303 g/mol. The summed E-state index contributed by atoms with van der Waals surface area (Å²) >= 11 is 5.08. The Morgan fingerprint density at radius 2 is 1.95 bits per heavy atom. The maximum Gasteiger partial charge on any atom is 0.402 e. The van der Waals surface area contributed by atoms with E-state index >= 15 is 0 Å². The predicted molar refractivity (Wildman–Crippen MR) is 77.2 cm³/mol. The SMILES string of the molecule is [2H]c1c([2H])c([2H])c(/C(C#N)=N/OP(=S)(OCC)OCC)c([2H])c1[2H]. The summed E-state index contributed by atoms with van der Waals surface area (Å²) in [6, 6.07) is -1.21. The van der Waals surface area contributed by atoms with Gasteiger partial charge in [-0.05, 0) is 13.8 Å². The molecule has 0 aliphatic rings. The summed E-state index contributed by atoms with van der Waals surface area (Å²) in [4.78, 5) is 0. The summed E-state index contributed by atoms with van der Waals surface area (Å²) in [6.07, 6.45) is 0. The second-order valence-electron chi connectivity index (χ2n) is 2.92. The van der Waals surface area contributed by atoms with Gasteiger partial charge in [-0.25, -0.2) is 0 Å². The summed E-state index contributed by atoms with van der Waals surface area (Å²) in [5.41, 5.74) is -0.890. The Balaban J connectivity index is 3.38. The zero-order chi connectivity index (χ0) is 18.5. The molecule has 0 saturated carbocycles. The highest BCUT2D eigenvalue weighted by molar-refractivity contribution is 8.07. The Morgan fingerprint density at radius 1 is 1.37 bits per heavy atom. The first kappa shape index (κ1) is 9.62. The van der Waals surface area contributed by atoms with Crippen LogP contribution >= 0.6 is 6.72 Å². The van der Waals surface area contributed by atoms with Crippen molar-refractivity contribution >= 4 is 24.2 Å². The van der Waals surface area contributed by atoms with Gasteiger partial charge < -0.3 is 4.62 Å². The van der Waals surface area contributed by atoms with Crippen molar-refractivity contribution in [1.29, 1.82) is 5.26 Å². The number of nitriles is 1. The van der Waals surface area contributed by atoms with Crippen LogP contribution in [0.1, 0.15) is 26.3 Å². The molecule has 0 saturated heterocycles. The van der Waals surface area contributed by atoms with Crippen molar-refractivity contribution in [1.82, 2.24) is 0 Å². The van der Waals surface area contributed by atoms with E-state index in [1.165, 1.54) is 0 Å². The molecule has 0 amide bonds. The Labute approximate surface area is 125 Å². The van der Waals surface area contributed by atoms with Crippen molar-refractivity contribution in [3.05, 3.63) is 35.8 Å². The summed E-state index contributed by atoms with van der Waals surface area (Å²) in [6.45, 7) is 0.516. The van der Waals surface area contributed by atoms with E-state index in [0.29, 0.717) is 0 Å². The number of hydrogen-bond donors (Lipinski definition) is 0. The highest BCUT2D eigenvalue weighted by Crippen LogP contribution is 2.50. The molecule has 102 valence electrons. The topological polar surface area (TPSA) is 63.8 Å². The van der Waals surface area contributed by atoms with E-state index in [2.05, 4.69) is 5.16 Å². The van der Waals surface area contributed by atoms with Crippen LogP contribution in [0, 0.1) is 11.3 Å². The van der Waals surface area contributed by atoms with Crippen LogP contribution in [-0.2, 0) is 25.5 Å². The quantitative estimate of drug-likeness (QED) is 0.439. The molecule has 1 aromatic rings. The summed E-state index contributed by atoms with van der Waals surface area (Å²) in [7, 11) is 0. The molecular formula is C12H15N2O3PS. The molecule has 0 aliphatic heterocycles. The van der Waals surface area contributed by atoms with Gasteiger partial charge in [-0.1, -0.05) is 35.4 Å². The molecule has 0 heterocycles. The van der Waals surface area contributed by atoms with Gasteiger partial charge in [0.2, 0.25) is 0 Å². The van der Waals surface area contributed by atoms with E-state index in [9.17, 15) is 5.26 Å². The second kappa shape index (κ2) is 8.03. The fourth-order valence-electron chi connectivity index (χ4n) is 0.982. The lowest BCUT2D eigenvalue weighted by atomic mass is 10.1. The molecule has 0 N–H and O–H groups in total. The third-order valence-electron chi connectivity index (χ3n) is 1.65. The van der Waals surface area contributed by atoms with Gasteiger partial charge >= 0.3 is 6.72 Å². The third kappa shape index (κ3) is 5.09. The number of benzene rings is 1. The molecule has 7 heteroatoms. The van der Waals surface area contributed by atoms with Crippen molar-refractivity contribution in [2.45, 2.75) is 13.8 Å². The van der Waals surface area contributed by atoms with Crippen LogP contribution in [0.2, 0.25) is 0 Å². The van der Waals surface area contributed by atoms with E-state index in [4.69, 9.17) is 32.3 Å². The van der Waals surface area contributed by atoms with Crippen LogP contribution < -0.4 is 0 Å². The molecule has 1 rings (SSSR count). The van der Waals surface area contributed by atoms with Crippen LogP contribution in [0.4, 0.5) is 0 Å². The normalized spacial score (nSPS) is 15.6. The lowest BCUT2D eigenvalue weighted by molar-refractivity contribution is 0.172. The van der Waals surface area contributed by atoms with Crippen molar-refractivity contribution in [3.8, 4) is 6.07 Å². The Hall–Kier alpha value is -1.25. The minimum atomic E-state index is -3.23. The van der Waals surface area contributed by atoms with Gasteiger partial charge in [0, 0.05) is 17.4 Å². The van der Waals surface area contributed by atoms with Gasteiger partial charge in [-0.2, -0.15) is 5.26 Å². The van der Waals surface area contributed by atoms with Gasteiger partial charge in [0.1, 0.15) is 6.07 Å². The van der Waals surface area contributed by atoms with E-state index in [1.54, 1.807) is 19.9 Å². The van der Waals surface area contributed by atoms with Crippen LogP contribution in [0.15, 0.2) is 35.4 Å². The molecule has 0 radical (unpaired) electrons. The van der Waals surface area contributed by atoms with E-state index in [0.717, 1.165) is 0 Å². The minimum absolute atomic E-state index is 0.198. The molecule has 0 bridgehead atoms. The molecular weight excluding hydrogens is 283 g/mol. The molecule has 0 aromatic heterocycles. The first-order chi connectivity index (χ1) is 11.2. The zero-order valence-electron chi connectivity index (χ0n) is 15.4. The van der Waals surface area contributed by atoms with Gasteiger partial charge in [0.25, 0.3) is 0 Å². The molecule has 0 unspecified atom stereocenters. The lowest BCUT2D eigenvalue weighted by Crippen LogP contribution is -2.01. The van der Waals surface area contributed by atoms with Crippen LogP contribution in [0.5, 0.6) is 0 Å². The van der Waals surface area contributed by atoms with E-state index in [-0.39, 0.29) is 18.8 Å². The Bertz CT molecular complexity index is 714. The largest absolute Gasteiger partial charge is 0.402 e. The summed E-state index contributed by atoms with van der Waals surface area (Å²) in [5.74, 6) is 0. The van der Waals surface area contributed by atoms with Gasteiger partial charge in [-0.3, -0.25) is 9.05 Å². The smallest absolute Gasteiger partial charge is 0.312 e. The number of hydrogen-bond acceptors (Lipinski definition) is 6. The van der Waals surface area contributed by atoms with Gasteiger partial charge in [0.05, 0.1) is 20.1 Å². The van der Waals surface area contributed by atoms with Crippen molar-refractivity contribution < 1.29 is 20.5 Å². The fourth-order valence-corrected chi connectivity index (χ4v) is 2.70. The first-order valence-corrected chi connectivity index (χ1v) is 7.91. The average Bonchev–Trinajstić information content (AvgIpc) is 2.54. The molecule has 0 atom stereocenters. The van der Waals surface area contributed by atoms with Crippen LogP contribution in [0.25, 0.3) is 0 Å². The standard InChI is InChI=1S/C12H15N2O3PS/c1-3-15-18(19,16-4-2)17-14-12(10-13)11-8-6-5-7-9-11/h5-9H,3-4H2,1-2H3/b14-12+/i5D,6D,7D,8D,9D. The third-order valence-corrected chi connectivity index (χ3v) is 3.91. The van der Waals surface area contributed by atoms with E-state index < -0.39 is 42.6 Å². The summed E-state index contributed by atoms with van der Waals surface area (Å²) in [5, 5.41) is 12.8. The second-order valence-corrected chi connectivity index (χ2v) is 5.83.